The van der Waals surface area contributed by atoms with Crippen LogP contribution in [0, 0.1) is 16.7 Å². The maximum Gasteiger partial charge on any atom is 0.310 e. The molecule has 5 nitrogen and oxygen atoms in total. The highest BCUT2D eigenvalue weighted by Crippen LogP contribution is 2.29. The van der Waals surface area contributed by atoms with Gasteiger partial charge in [0, 0.05) is 30.9 Å². The third-order valence-corrected chi connectivity index (χ3v) is 4.02. The Bertz CT molecular complexity index is 656. The van der Waals surface area contributed by atoms with E-state index >= 15 is 0 Å². The molecule has 1 aromatic rings. The van der Waals surface area contributed by atoms with Gasteiger partial charge < -0.3 is 10.8 Å². The van der Waals surface area contributed by atoms with Crippen LogP contribution in [0.25, 0.3) is 5.57 Å². The smallest absolute Gasteiger partial charge is 0.310 e. The van der Waals surface area contributed by atoms with Gasteiger partial charge >= 0.3 is 5.97 Å². The molecule has 3 N–H and O–H groups in total. The van der Waals surface area contributed by atoms with Crippen molar-refractivity contribution in [3.05, 3.63) is 35.4 Å². The molecule has 0 aliphatic carbocycles. The van der Waals surface area contributed by atoms with E-state index in [2.05, 4.69) is 17.0 Å². The number of carboxylic acids is 1. The predicted molar refractivity (Wildman–Crippen MR) is 86.0 cm³/mol. The Morgan fingerprint density at radius 1 is 1.50 bits per heavy atom. The topological polar surface area (TPSA) is 90.4 Å². The number of nitrogen functional groups attached to an aromatic ring is 1. The standard InChI is InChI=1S/C17H21N3O2/c1-17(2,16(21)22)11-20-7-5-13(6-8-20)14-9-12(10-18)3-4-15(14)19/h3-5,9H,6-8,11,19H2,1-2H3,(H,21,22). The Labute approximate surface area is 130 Å². The average Bonchev–Trinajstić information content (AvgIpc) is 2.48. The fourth-order valence-electron chi connectivity index (χ4n) is 2.63. The van der Waals surface area contributed by atoms with E-state index in [0.29, 0.717) is 24.3 Å². The minimum Gasteiger partial charge on any atom is -0.481 e. The second-order valence-electron chi connectivity index (χ2n) is 6.32. The zero-order valence-electron chi connectivity index (χ0n) is 13.0. The summed E-state index contributed by atoms with van der Waals surface area (Å²) in [5.41, 5.74) is 8.56. The van der Waals surface area contributed by atoms with Crippen molar-refractivity contribution in [2.45, 2.75) is 20.3 Å². The maximum absolute atomic E-state index is 11.2. The van der Waals surface area contributed by atoms with E-state index in [1.165, 1.54) is 0 Å². The molecule has 1 heterocycles. The second kappa shape index (κ2) is 6.20. The van der Waals surface area contributed by atoms with Gasteiger partial charge in [0.15, 0.2) is 0 Å². The molecule has 0 spiro atoms. The third-order valence-electron chi connectivity index (χ3n) is 4.02. The van der Waals surface area contributed by atoms with Crippen LogP contribution < -0.4 is 5.73 Å². The zero-order valence-corrected chi connectivity index (χ0v) is 13.0. The molecule has 22 heavy (non-hydrogen) atoms. The van der Waals surface area contributed by atoms with Crippen LogP contribution in [0.15, 0.2) is 24.3 Å². The Hall–Kier alpha value is -2.32. The molecule has 116 valence electrons. The molecule has 1 aliphatic heterocycles. The van der Waals surface area contributed by atoms with Gasteiger partial charge in [-0.2, -0.15) is 5.26 Å². The summed E-state index contributed by atoms with van der Waals surface area (Å²) < 4.78 is 0. The summed E-state index contributed by atoms with van der Waals surface area (Å²) >= 11 is 0. The lowest BCUT2D eigenvalue weighted by Gasteiger charge is -2.32. The van der Waals surface area contributed by atoms with Gasteiger partial charge in [-0.25, -0.2) is 0 Å². The summed E-state index contributed by atoms with van der Waals surface area (Å²) in [4.78, 5) is 13.3. The number of carbonyl (C=O) groups is 1. The molecule has 2 rings (SSSR count). The SMILES string of the molecule is CC(C)(CN1CC=C(c2cc(C#N)ccc2N)CC1)C(=O)O. The van der Waals surface area contributed by atoms with Gasteiger partial charge in [0.05, 0.1) is 17.0 Å². The summed E-state index contributed by atoms with van der Waals surface area (Å²) in [6.07, 6.45) is 2.88. The van der Waals surface area contributed by atoms with Crippen molar-refractivity contribution in [3.63, 3.8) is 0 Å². The number of aliphatic carboxylic acids is 1. The number of rotatable bonds is 4. The number of hydrogen-bond donors (Lipinski definition) is 2. The molecule has 1 aromatic carbocycles. The van der Waals surface area contributed by atoms with E-state index in [9.17, 15) is 9.90 Å². The molecular formula is C17H21N3O2. The van der Waals surface area contributed by atoms with Crippen LogP contribution >= 0.6 is 0 Å². The minimum absolute atomic E-state index is 0.514. The van der Waals surface area contributed by atoms with Gasteiger partial charge in [0.2, 0.25) is 0 Å². The van der Waals surface area contributed by atoms with Crippen LogP contribution in [0.1, 0.15) is 31.4 Å². The van der Waals surface area contributed by atoms with Crippen molar-refractivity contribution in [1.29, 1.82) is 5.26 Å². The highest BCUT2D eigenvalue weighted by Gasteiger charge is 2.30. The molecule has 5 heteroatoms. The van der Waals surface area contributed by atoms with Gasteiger partial charge in [-0.05, 0) is 44.0 Å². The first-order chi connectivity index (χ1) is 10.3. The number of nitriles is 1. The van der Waals surface area contributed by atoms with E-state index in [1.54, 1.807) is 26.0 Å². The highest BCUT2D eigenvalue weighted by molar-refractivity contribution is 5.77. The van der Waals surface area contributed by atoms with Crippen LogP contribution in [0.2, 0.25) is 0 Å². The number of anilines is 1. The first kappa shape index (κ1) is 16.1. The normalized spacial score (nSPS) is 16.0. The number of hydrogen-bond acceptors (Lipinski definition) is 4. The highest BCUT2D eigenvalue weighted by atomic mass is 16.4. The van der Waals surface area contributed by atoms with Crippen LogP contribution in [-0.2, 0) is 4.79 Å². The third kappa shape index (κ3) is 3.46. The Morgan fingerprint density at radius 2 is 2.23 bits per heavy atom. The van der Waals surface area contributed by atoms with E-state index < -0.39 is 11.4 Å². The average molecular weight is 299 g/mol. The summed E-state index contributed by atoms with van der Waals surface area (Å²) in [7, 11) is 0. The second-order valence-corrected chi connectivity index (χ2v) is 6.32. The van der Waals surface area contributed by atoms with Gasteiger partial charge in [-0.1, -0.05) is 6.08 Å². The largest absolute Gasteiger partial charge is 0.481 e. The number of nitrogens with two attached hydrogens (primary N) is 1. The molecule has 0 radical (unpaired) electrons. The number of carboxylic acid groups (broad SMARTS) is 1. The summed E-state index contributed by atoms with van der Waals surface area (Å²) in [5, 5.41) is 18.2. The van der Waals surface area contributed by atoms with Gasteiger partial charge in [0.25, 0.3) is 0 Å². The predicted octanol–water partition coefficient (Wildman–Crippen LogP) is 2.34. The van der Waals surface area contributed by atoms with Crippen molar-refractivity contribution in [3.8, 4) is 6.07 Å². The molecule has 1 aliphatic rings. The van der Waals surface area contributed by atoms with E-state index in [4.69, 9.17) is 11.0 Å². The van der Waals surface area contributed by atoms with Gasteiger partial charge in [-0.3, -0.25) is 9.69 Å². The molecule has 0 bridgehead atoms. The van der Waals surface area contributed by atoms with Gasteiger partial charge in [-0.15, -0.1) is 0 Å². The molecule has 0 saturated heterocycles. The fraction of sp³-hybridized carbons (Fsp3) is 0.412. The molecule has 0 aromatic heterocycles. The molecule has 0 amide bonds. The number of benzene rings is 1. The molecule has 0 fully saturated rings. The zero-order chi connectivity index (χ0) is 16.3. The van der Waals surface area contributed by atoms with Crippen LogP contribution in [0.5, 0.6) is 0 Å². The summed E-state index contributed by atoms with van der Waals surface area (Å²) in [6, 6.07) is 7.42. The first-order valence-corrected chi connectivity index (χ1v) is 7.28. The summed E-state index contributed by atoms with van der Waals surface area (Å²) in [6.45, 7) is 5.48. The fourth-order valence-corrected chi connectivity index (χ4v) is 2.63. The lowest BCUT2D eigenvalue weighted by Crippen LogP contribution is -2.41. The van der Waals surface area contributed by atoms with E-state index in [1.807, 2.05) is 6.07 Å². The van der Waals surface area contributed by atoms with Gasteiger partial charge in [0.1, 0.15) is 0 Å². The van der Waals surface area contributed by atoms with Crippen molar-refractivity contribution in [2.75, 3.05) is 25.4 Å². The Balaban J connectivity index is 2.12. The van der Waals surface area contributed by atoms with Crippen LogP contribution in [0.3, 0.4) is 0 Å². The molecule has 0 saturated carbocycles. The quantitative estimate of drug-likeness (QED) is 0.833. The maximum atomic E-state index is 11.2. The lowest BCUT2D eigenvalue weighted by atomic mass is 9.91. The lowest BCUT2D eigenvalue weighted by molar-refractivity contribution is -0.147. The van der Waals surface area contributed by atoms with Crippen molar-refractivity contribution >= 4 is 17.2 Å². The first-order valence-electron chi connectivity index (χ1n) is 7.28. The van der Waals surface area contributed by atoms with Crippen molar-refractivity contribution < 1.29 is 9.90 Å². The van der Waals surface area contributed by atoms with Crippen LogP contribution in [-0.4, -0.2) is 35.6 Å². The Kier molecular flexibility index (Phi) is 4.53. The minimum atomic E-state index is -0.784. The summed E-state index contributed by atoms with van der Waals surface area (Å²) in [5.74, 6) is -0.784. The van der Waals surface area contributed by atoms with E-state index in [0.717, 1.165) is 24.1 Å². The molecule has 0 unspecified atom stereocenters. The monoisotopic (exact) mass is 299 g/mol. The van der Waals surface area contributed by atoms with E-state index in [-0.39, 0.29) is 0 Å². The molecular weight excluding hydrogens is 278 g/mol. The number of nitrogens with zero attached hydrogens (tertiary/aromatic N) is 2. The Morgan fingerprint density at radius 3 is 2.77 bits per heavy atom. The van der Waals surface area contributed by atoms with Crippen molar-refractivity contribution in [1.82, 2.24) is 4.90 Å². The van der Waals surface area contributed by atoms with Crippen molar-refractivity contribution in [2.24, 2.45) is 5.41 Å². The van der Waals surface area contributed by atoms with Crippen LogP contribution in [0.4, 0.5) is 5.69 Å². The molecule has 0 atom stereocenters.